The monoisotopic (exact) mass is 253 g/mol. The highest BCUT2D eigenvalue weighted by Crippen LogP contribution is 2.27. The number of rotatable bonds is 6. The van der Waals surface area contributed by atoms with E-state index < -0.39 is 0 Å². The molecule has 18 heavy (non-hydrogen) atoms. The summed E-state index contributed by atoms with van der Waals surface area (Å²) in [6, 6.07) is 0.622. The number of nitrogens with one attached hydrogen (secondary N) is 1. The number of hydrogen-bond donors (Lipinski definition) is 1. The molecule has 1 unspecified atom stereocenters. The van der Waals surface area contributed by atoms with Crippen LogP contribution in [0.15, 0.2) is 0 Å². The van der Waals surface area contributed by atoms with Crippen molar-refractivity contribution in [3.05, 3.63) is 0 Å². The van der Waals surface area contributed by atoms with Crippen LogP contribution in [0.25, 0.3) is 0 Å². The highest BCUT2D eigenvalue weighted by atomic mass is 16.2. The average Bonchev–Trinajstić information content (AvgIpc) is 2.41. The molecule has 0 aromatic carbocycles. The van der Waals surface area contributed by atoms with Crippen LogP contribution in [0.1, 0.15) is 33.1 Å². The van der Waals surface area contributed by atoms with E-state index in [0.29, 0.717) is 12.5 Å². The van der Waals surface area contributed by atoms with Crippen LogP contribution >= 0.6 is 0 Å². The summed E-state index contributed by atoms with van der Waals surface area (Å²) in [5.74, 6) is 1.13. The SMILES string of the molecule is CCN(CC)C(=O)CCNC1CN2CCC1CC2. The van der Waals surface area contributed by atoms with E-state index in [1.807, 2.05) is 18.7 Å². The Bertz CT molecular complexity index is 270. The number of amides is 1. The summed E-state index contributed by atoms with van der Waals surface area (Å²) in [6.07, 6.45) is 3.31. The molecule has 4 nitrogen and oxygen atoms in total. The Hall–Kier alpha value is -0.610. The fourth-order valence-corrected chi connectivity index (χ4v) is 3.30. The third-order valence-corrected chi connectivity index (χ3v) is 4.52. The first-order valence-corrected chi connectivity index (χ1v) is 7.48. The number of piperidine rings is 3. The van der Waals surface area contributed by atoms with E-state index in [2.05, 4.69) is 10.2 Å². The molecular weight excluding hydrogens is 226 g/mol. The molecule has 3 aliphatic heterocycles. The van der Waals surface area contributed by atoms with Crippen LogP contribution in [0, 0.1) is 5.92 Å². The van der Waals surface area contributed by atoms with Crippen LogP contribution in [-0.4, -0.2) is 61.0 Å². The third-order valence-electron chi connectivity index (χ3n) is 4.52. The molecule has 1 amide bonds. The van der Waals surface area contributed by atoms with E-state index in [1.54, 1.807) is 0 Å². The molecule has 1 N–H and O–H groups in total. The Morgan fingerprint density at radius 3 is 2.44 bits per heavy atom. The van der Waals surface area contributed by atoms with Gasteiger partial charge in [0, 0.05) is 38.6 Å². The zero-order valence-corrected chi connectivity index (χ0v) is 11.8. The summed E-state index contributed by atoms with van der Waals surface area (Å²) in [7, 11) is 0. The summed E-state index contributed by atoms with van der Waals surface area (Å²) in [5.41, 5.74) is 0. The largest absolute Gasteiger partial charge is 0.343 e. The molecule has 0 radical (unpaired) electrons. The summed E-state index contributed by atoms with van der Waals surface area (Å²) >= 11 is 0. The molecule has 2 bridgehead atoms. The fraction of sp³-hybridized carbons (Fsp3) is 0.929. The van der Waals surface area contributed by atoms with Crippen molar-refractivity contribution in [3.8, 4) is 0 Å². The number of fused-ring (bicyclic) bond motifs is 3. The van der Waals surface area contributed by atoms with Crippen molar-refractivity contribution in [1.82, 2.24) is 15.1 Å². The van der Waals surface area contributed by atoms with E-state index in [9.17, 15) is 4.79 Å². The lowest BCUT2D eigenvalue weighted by Gasteiger charge is -2.45. The van der Waals surface area contributed by atoms with Gasteiger partial charge in [0.25, 0.3) is 0 Å². The van der Waals surface area contributed by atoms with Gasteiger partial charge in [-0.25, -0.2) is 0 Å². The minimum atomic E-state index is 0.286. The molecule has 4 heteroatoms. The highest BCUT2D eigenvalue weighted by molar-refractivity contribution is 5.76. The molecule has 3 rings (SSSR count). The maximum Gasteiger partial charge on any atom is 0.223 e. The fourth-order valence-electron chi connectivity index (χ4n) is 3.30. The molecule has 3 heterocycles. The van der Waals surface area contributed by atoms with Gasteiger partial charge in [-0.15, -0.1) is 0 Å². The molecule has 0 saturated carbocycles. The molecule has 3 aliphatic rings. The topological polar surface area (TPSA) is 35.6 Å². The van der Waals surface area contributed by atoms with Crippen LogP contribution in [0.4, 0.5) is 0 Å². The number of nitrogens with zero attached hydrogens (tertiary/aromatic N) is 2. The van der Waals surface area contributed by atoms with E-state index in [-0.39, 0.29) is 5.91 Å². The molecule has 104 valence electrons. The molecule has 3 saturated heterocycles. The van der Waals surface area contributed by atoms with Crippen LogP contribution < -0.4 is 5.32 Å². The normalized spacial score (nSPS) is 30.4. The second kappa shape index (κ2) is 6.53. The maximum absolute atomic E-state index is 11.9. The van der Waals surface area contributed by atoms with Crippen molar-refractivity contribution >= 4 is 5.91 Å². The molecule has 0 aliphatic carbocycles. The van der Waals surface area contributed by atoms with Gasteiger partial charge in [-0.3, -0.25) is 4.79 Å². The van der Waals surface area contributed by atoms with Gasteiger partial charge in [0.2, 0.25) is 5.91 Å². The number of carbonyl (C=O) groups excluding carboxylic acids is 1. The lowest BCUT2D eigenvalue weighted by molar-refractivity contribution is -0.130. The van der Waals surface area contributed by atoms with Crippen molar-refractivity contribution in [1.29, 1.82) is 0 Å². The summed E-state index contributed by atoms with van der Waals surface area (Å²) < 4.78 is 0. The van der Waals surface area contributed by atoms with E-state index in [1.165, 1.54) is 32.5 Å². The highest BCUT2D eigenvalue weighted by Gasteiger charge is 2.33. The minimum Gasteiger partial charge on any atom is -0.343 e. The van der Waals surface area contributed by atoms with E-state index in [4.69, 9.17) is 0 Å². The van der Waals surface area contributed by atoms with Gasteiger partial charge in [0.05, 0.1) is 0 Å². The van der Waals surface area contributed by atoms with Crippen molar-refractivity contribution in [2.24, 2.45) is 5.92 Å². The Kier molecular flexibility index (Phi) is 5.01. The zero-order valence-electron chi connectivity index (χ0n) is 11.8. The molecule has 0 aromatic heterocycles. The van der Waals surface area contributed by atoms with Crippen LogP contribution in [-0.2, 0) is 4.79 Å². The minimum absolute atomic E-state index is 0.286. The predicted molar refractivity (Wildman–Crippen MR) is 73.5 cm³/mol. The van der Waals surface area contributed by atoms with Gasteiger partial charge < -0.3 is 15.1 Å². The lowest BCUT2D eigenvalue weighted by atomic mass is 9.84. The van der Waals surface area contributed by atoms with Crippen LogP contribution in [0.5, 0.6) is 0 Å². The Balaban J connectivity index is 1.68. The van der Waals surface area contributed by atoms with Crippen LogP contribution in [0.2, 0.25) is 0 Å². The van der Waals surface area contributed by atoms with Crippen molar-refractivity contribution in [2.75, 3.05) is 39.3 Å². The van der Waals surface area contributed by atoms with Crippen LogP contribution in [0.3, 0.4) is 0 Å². The average molecular weight is 253 g/mol. The maximum atomic E-state index is 11.9. The number of carbonyl (C=O) groups is 1. The Labute approximate surface area is 111 Å². The van der Waals surface area contributed by atoms with E-state index in [0.717, 1.165) is 25.6 Å². The summed E-state index contributed by atoms with van der Waals surface area (Å²) in [6.45, 7) is 10.3. The molecule has 1 atom stereocenters. The van der Waals surface area contributed by atoms with Gasteiger partial charge in [-0.2, -0.15) is 0 Å². The van der Waals surface area contributed by atoms with Gasteiger partial charge in [0.15, 0.2) is 0 Å². The molecule has 3 fully saturated rings. The van der Waals surface area contributed by atoms with Crippen molar-refractivity contribution in [2.45, 2.75) is 39.2 Å². The second-order valence-electron chi connectivity index (χ2n) is 5.51. The zero-order chi connectivity index (χ0) is 13.0. The van der Waals surface area contributed by atoms with Gasteiger partial charge in [-0.1, -0.05) is 0 Å². The van der Waals surface area contributed by atoms with Gasteiger partial charge in [-0.05, 0) is 45.7 Å². The molecule has 0 aromatic rings. The standard InChI is InChI=1S/C14H27N3O/c1-3-17(4-2)14(18)5-8-15-13-11-16-9-6-12(13)7-10-16/h12-13,15H,3-11H2,1-2H3. The third kappa shape index (κ3) is 3.23. The van der Waals surface area contributed by atoms with Gasteiger partial charge in [0.1, 0.15) is 0 Å². The first kappa shape index (κ1) is 13.8. The summed E-state index contributed by atoms with van der Waals surface area (Å²) in [4.78, 5) is 16.3. The van der Waals surface area contributed by atoms with Gasteiger partial charge >= 0.3 is 0 Å². The molecular formula is C14H27N3O. The van der Waals surface area contributed by atoms with E-state index >= 15 is 0 Å². The second-order valence-corrected chi connectivity index (χ2v) is 5.51. The lowest BCUT2D eigenvalue weighted by Crippen LogP contribution is -2.56. The number of hydrogen-bond acceptors (Lipinski definition) is 3. The Morgan fingerprint density at radius 1 is 1.28 bits per heavy atom. The first-order chi connectivity index (χ1) is 8.74. The molecule has 0 spiro atoms. The van der Waals surface area contributed by atoms with Crippen molar-refractivity contribution in [3.63, 3.8) is 0 Å². The summed E-state index contributed by atoms with van der Waals surface area (Å²) in [5, 5.41) is 3.60. The predicted octanol–water partition coefficient (Wildman–Crippen LogP) is 0.929. The smallest absolute Gasteiger partial charge is 0.223 e. The van der Waals surface area contributed by atoms with Crippen molar-refractivity contribution < 1.29 is 4.79 Å². The first-order valence-electron chi connectivity index (χ1n) is 7.48. The quantitative estimate of drug-likeness (QED) is 0.765. The Morgan fingerprint density at radius 2 is 1.94 bits per heavy atom.